The van der Waals surface area contributed by atoms with Gasteiger partial charge in [-0.15, -0.1) is 0 Å². The van der Waals surface area contributed by atoms with E-state index in [1.54, 1.807) is 19.1 Å². The first kappa shape index (κ1) is 15.3. The molecule has 21 heavy (non-hydrogen) atoms. The van der Waals surface area contributed by atoms with E-state index in [9.17, 15) is 17.2 Å². The lowest BCUT2D eigenvalue weighted by Gasteiger charge is -2.10. The molecule has 0 spiro atoms. The van der Waals surface area contributed by atoms with Gasteiger partial charge in [-0.05, 0) is 30.7 Å². The summed E-state index contributed by atoms with van der Waals surface area (Å²) < 4.78 is 53.5. The van der Waals surface area contributed by atoms with E-state index >= 15 is 0 Å². The van der Waals surface area contributed by atoms with Crippen LogP contribution in [0.3, 0.4) is 0 Å². The number of anilines is 1. The summed E-state index contributed by atoms with van der Waals surface area (Å²) in [4.78, 5) is 2.95. The summed E-state index contributed by atoms with van der Waals surface area (Å²) in [6.45, 7) is 1.58. The van der Waals surface area contributed by atoms with Crippen molar-refractivity contribution in [1.29, 1.82) is 0 Å². The monoisotopic (exact) mass is 313 g/mol. The van der Waals surface area contributed by atoms with Crippen LogP contribution in [0.15, 0.2) is 35.4 Å². The Kier molecular flexibility index (Phi) is 4.19. The van der Waals surface area contributed by atoms with Gasteiger partial charge in [0.1, 0.15) is 11.6 Å². The Morgan fingerprint density at radius 3 is 2.48 bits per heavy atom. The number of hydrogen-bond acceptors (Lipinski definition) is 4. The van der Waals surface area contributed by atoms with Crippen molar-refractivity contribution in [1.82, 2.24) is 9.71 Å². The van der Waals surface area contributed by atoms with Crippen LogP contribution < -0.4 is 10.5 Å². The fourth-order valence-electron chi connectivity index (χ4n) is 1.78. The molecule has 8 heteroatoms. The van der Waals surface area contributed by atoms with Crippen LogP contribution >= 0.6 is 0 Å². The second-order valence-electron chi connectivity index (χ2n) is 4.41. The number of nitrogen functional groups attached to an aromatic ring is 1. The molecule has 0 aliphatic heterocycles. The third-order valence-electron chi connectivity index (χ3n) is 2.84. The van der Waals surface area contributed by atoms with Gasteiger partial charge in [-0.2, -0.15) is 0 Å². The van der Waals surface area contributed by atoms with Gasteiger partial charge in [-0.3, -0.25) is 4.98 Å². The molecular weight excluding hydrogens is 300 g/mol. The molecule has 1 aromatic carbocycles. The van der Waals surface area contributed by atoms with Crippen LogP contribution in [0.4, 0.5) is 14.5 Å². The topological polar surface area (TPSA) is 85.1 Å². The maximum absolute atomic E-state index is 13.7. The molecule has 0 radical (unpaired) electrons. The van der Waals surface area contributed by atoms with E-state index in [0.717, 1.165) is 17.7 Å². The Morgan fingerprint density at radius 2 is 1.90 bits per heavy atom. The van der Waals surface area contributed by atoms with E-state index in [4.69, 9.17) is 5.73 Å². The zero-order valence-electron chi connectivity index (χ0n) is 11.1. The first-order valence-electron chi connectivity index (χ1n) is 5.96. The lowest BCUT2D eigenvalue weighted by Crippen LogP contribution is -2.26. The van der Waals surface area contributed by atoms with E-state index in [0.29, 0.717) is 5.69 Å². The molecule has 5 nitrogen and oxygen atoms in total. The fraction of sp³-hybridized carbons (Fsp3) is 0.154. The first-order chi connectivity index (χ1) is 9.81. The van der Waals surface area contributed by atoms with Crippen molar-refractivity contribution in [3.8, 4) is 0 Å². The number of nitrogens with one attached hydrogen (secondary N) is 1. The van der Waals surface area contributed by atoms with Crippen LogP contribution in [0.2, 0.25) is 0 Å². The van der Waals surface area contributed by atoms with E-state index in [1.165, 1.54) is 6.20 Å². The molecule has 3 N–H and O–H groups in total. The quantitative estimate of drug-likeness (QED) is 0.842. The Morgan fingerprint density at radius 1 is 1.29 bits per heavy atom. The molecule has 1 aromatic heterocycles. The van der Waals surface area contributed by atoms with Crippen molar-refractivity contribution >= 4 is 15.7 Å². The number of benzene rings is 1. The summed E-state index contributed by atoms with van der Waals surface area (Å²) in [5.41, 5.74) is 6.29. The van der Waals surface area contributed by atoms with Gasteiger partial charge in [-0.25, -0.2) is 21.9 Å². The van der Waals surface area contributed by atoms with Crippen LogP contribution in [-0.4, -0.2) is 13.4 Å². The summed E-state index contributed by atoms with van der Waals surface area (Å²) in [6.07, 6.45) is 1.50. The predicted octanol–water partition coefficient (Wildman–Crippen LogP) is 1.73. The van der Waals surface area contributed by atoms with Crippen molar-refractivity contribution in [3.63, 3.8) is 0 Å². The van der Waals surface area contributed by atoms with Crippen LogP contribution in [0.25, 0.3) is 0 Å². The van der Waals surface area contributed by atoms with Gasteiger partial charge in [-0.1, -0.05) is 6.07 Å². The number of aromatic nitrogens is 1. The number of halogens is 2. The minimum Gasteiger partial charge on any atom is -0.399 e. The molecule has 0 fully saturated rings. The second kappa shape index (κ2) is 5.74. The smallest absolute Gasteiger partial charge is 0.246 e. The lowest BCUT2D eigenvalue weighted by molar-refractivity contribution is 0.514. The number of rotatable bonds is 4. The summed E-state index contributed by atoms with van der Waals surface area (Å²) in [7, 11) is -4.35. The van der Waals surface area contributed by atoms with Crippen molar-refractivity contribution in [2.45, 2.75) is 18.4 Å². The highest BCUT2D eigenvalue weighted by Crippen LogP contribution is 2.21. The Balaban J connectivity index is 2.30. The summed E-state index contributed by atoms with van der Waals surface area (Å²) in [6, 6.07) is 4.96. The van der Waals surface area contributed by atoms with Crippen molar-refractivity contribution in [3.05, 3.63) is 53.4 Å². The average molecular weight is 313 g/mol. The van der Waals surface area contributed by atoms with Gasteiger partial charge in [0.05, 0.1) is 12.2 Å². The Labute approximate surface area is 120 Å². The van der Waals surface area contributed by atoms with E-state index in [2.05, 4.69) is 9.71 Å². The highest BCUT2D eigenvalue weighted by Gasteiger charge is 2.24. The van der Waals surface area contributed by atoms with Crippen molar-refractivity contribution in [2.75, 3.05) is 5.73 Å². The van der Waals surface area contributed by atoms with Crippen molar-refractivity contribution in [2.24, 2.45) is 0 Å². The maximum atomic E-state index is 13.7. The second-order valence-corrected chi connectivity index (χ2v) is 6.11. The molecule has 0 aliphatic rings. The van der Waals surface area contributed by atoms with E-state index in [1.807, 2.05) is 0 Å². The first-order valence-corrected chi connectivity index (χ1v) is 7.44. The lowest BCUT2D eigenvalue weighted by atomic mass is 10.2. The third-order valence-corrected chi connectivity index (χ3v) is 4.29. The highest BCUT2D eigenvalue weighted by atomic mass is 32.2. The zero-order chi connectivity index (χ0) is 15.6. The van der Waals surface area contributed by atoms with Gasteiger partial charge in [0.2, 0.25) is 10.0 Å². The molecule has 1 heterocycles. The molecule has 2 aromatic rings. The number of pyridine rings is 1. The molecule has 0 saturated carbocycles. The van der Waals surface area contributed by atoms with Gasteiger partial charge in [0, 0.05) is 11.9 Å². The standard InChI is InChI=1S/C13H13F2N3O2S/c1-8-3-2-4-17-12(8)7-18-21(19,20)13-10(14)5-9(16)6-11(13)15/h2-6,18H,7,16H2,1H3. The summed E-state index contributed by atoms with van der Waals surface area (Å²) >= 11 is 0. The molecule has 0 saturated heterocycles. The van der Waals surface area contributed by atoms with Gasteiger partial charge in [0.25, 0.3) is 0 Å². The molecule has 2 rings (SSSR count). The summed E-state index contributed by atoms with van der Waals surface area (Å²) in [5, 5.41) is 0. The zero-order valence-corrected chi connectivity index (χ0v) is 11.9. The minimum absolute atomic E-state index is 0.168. The largest absolute Gasteiger partial charge is 0.399 e. The molecule has 0 bridgehead atoms. The van der Waals surface area contributed by atoms with E-state index < -0.39 is 26.6 Å². The van der Waals surface area contributed by atoms with E-state index in [-0.39, 0.29) is 12.2 Å². The molecule has 0 unspecified atom stereocenters. The van der Waals surface area contributed by atoms with Crippen LogP contribution in [0.1, 0.15) is 11.3 Å². The number of nitrogens with zero attached hydrogens (tertiary/aromatic N) is 1. The molecule has 112 valence electrons. The number of sulfonamides is 1. The number of hydrogen-bond donors (Lipinski definition) is 2. The molecule has 0 amide bonds. The SMILES string of the molecule is Cc1cccnc1CNS(=O)(=O)c1c(F)cc(N)cc1F. The van der Waals surface area contributed by atoms with Gasteiger partial charge in [0.15, 0.2) is 4.90 Å². The van der Waals surface area contributed by atoms with Gasteiger partial charge >= 0.3 is 0 Å². The molecule has 0 atom stereocenters. The molecule has 0 aliphatic carbocycles. The fourth-order valence-corrected chi connectivity index (χ4v) is 2.88. The average Bonchev–Trinajstić information content (AvgIpc) is 2.36. The van der Waals surface area contributed by atoms with Crippen LogP contribution in [-0.2, 0) is 16.6 Å². The normalized spacial score (nSPS) is 11.6. The Hall–Kier alpha value is -2.06. The molecular formula is C13H13F2N3O2S. The number of aryl methyl sites for hydroxylation is 1. The maximum Gasteiger partial charge on any atom is 0.246 e. The van der Waals surface area contributed by atoms with Crippen LogP contribution in [0, 0.1) is 18.6 Å². The minimum atomic E-state index is -4.35. The van der Waals surface area contributed by atoms with Gasteiger partial charge < -0.3 is 5.73 Å². The third kappa shape index (κ3) is 3.34. The predicted molar refractivity (Wildman–Crippen MR) is 73.8 cm³/mol. The number of nitrogens with two attached hydrogens (primary N) is 1. The highest BCUT2D eigenvalue weighted by molar-refractivity contribution is 7.89. The van der Waals surface area contributed by atoms with Crippen molar-refractivity contribution < 1.29 is 17.2 Å². The van der Waals surface area contributed by atoms with Crippen LogP contribution in [0.5, 0.6) is 0 Å². The Bertz CT molecular complexity index is 756. The summed E-state index contributed by atoms with van der Waals surface area (Å²) in [5.74, 6) is -2.48.